The monoisotopic (exact) mass is 322 g/mol. The van der Waals surface area contributed by atoms with Crippen LogP contribution < -0.4 is 5.32 Å². The fourth-order valence-corrected chi connectivity index (χ4v) is 2.39. The third-order valence-electron chi connectivity index (χ3n) is 3.57. The summed E-state index contributed by atoms with van der Waals surface area (Å²) in [4.78, 5) is 12.5. The van der Waals surface area contributed by atoms with E-state index in [9.17, 15) is 9.18 Å². The summed E-state index contributed by atoms with van der Waals surface area (Å²) in [6.07, 6.45) is 4.70. The first-order chi connectivity index (χ1) is 11.7. The number of carbonyl (C=O) groups excluding carboxylic acids is 1. The van der Waals surface area contributed by atoms with E-state index in [-0.39, 0.29) is 11.7 Å². The molecule has 0 saturated heterocycles. The van der Waals surface area contributed by atoms with Gasteiger partial charge in [-0.15, -0.1) is 10.2 Å². The van der Waals surface area contributed by atoms with Gasteiger partial charge in [-0.25, -0.2) is 4.39 Å². The highest BCUT2D eigenvalue weighted by molar-refractivity contribution is 6.07. The predicted octanol–water partition coefficient (Wildman–Crippen LogP) is 2.51. The molecule has 4 rings (SSSR count). The molecule has 118 valence electrons. The molecule has 0 aliphatic rings. The van der Waals surface area contributed by atoms with Crippen LogP contribution in [0.4, 0.5) is 10.1 Å². The summed E-state index contributed by atoms with van der Waals surface area (Å²) < 4.78 is 14.8. The van der Waals surface area contributed by atoms with Crippen molar-refractivity contribution >= 4 is 17.2 Å². The standard InChI is InChI=1S/C16H11FN6O/c17-11-3-1-10(2-4-11)15-13(7-18-22-15)16(24)20-12-5-6-14-21-19-9-23(14)8-12/h1-9H,(H,18,22)(H,20,24). The Bertz CT molecular complexity index is 1020. The first-order valence-corrected chi connectivity index (χ1v) is 7.11. The molecule has 0 unspecified atom stereocenters. The van der Waals surface area contributed by atoms with E-state index in [1.807, 2.05) is 0 Å². The summed E-state index contributed by atoms with van der Waals surface area (Å²) in [6, 6.07) is 9.32. The Labute approximate surface area is 135 Å². The van der Waals surface area contributed by atoms with E-state index in [1.54, 1.807) is 41.2 Å². The fraction of sp³-hybridized carbons (Fsp3) is 0. The number of carbonyl (C=O) groups is 1. The van der Waals surface area contributed by atoms with Crippen LogP contribution in [-0.2, 0) is 0 Å². The van der Waals surface area contributed by atoms with Gasteiger partial charge in [0.25, 0.3) is 5.91 Å². The number of aromatic nitrogens is 5. The van der Waals surface area contributed by atoms with Crippen LogP contribution in [0.2, 0.25) is 0 Å². The predicted molar refractivity (Wildman–Crippen MR) is 84.9 cm³/mol. The van der Waals surface area contributed by atoms with Crippen LogP contribution in [-0.4, -0.2) is 30.7 Å². The third kappa shape index (κ3) is 2.50. The molecule has 0 saturated carbocycles. The Hall–Kier alpha value is -3.55. The van der Waals surface area contributed by atoms with Crippen molar-refractivity contribution in [1.82, 2.24) is 24.8 Å². The SMILES string of the molecule is O=C(Nc1ccc2nncn2c1)c1cn[nH]c1-c1ccc(F)cc1. The van der Waals surface area contributed by atoms with Gasteiger partial charge in [0, 0.05) is 11.8 Å². The average molecular weight is 322 g/mol. The second-order valence-electron chi connectivity index (χ2n) is 5.13. The highest BCUT2D eigenvalue weighted by Gasteiger charge is 2.15. The summed E-state index contributed by atoms with van der Waals surface area (Å²) >= 11 is 0. The van der Waals surface area contributed by atoms with Crippen molar-refractivity contribution in [2.75, 3.05) is 5.32 Å². The first-order valence-electron chi connectivity index (χ1n) is 7.11. The van der Waals surface area contributed by atoms with Gasteiger partial charge in [0.05, 0.1) is 23.1 Å². The minimum atomic E-state index is -0.341. The second-order valence-corrected chi connectivity index (χ2v) is 5.13. The number of amides is 1. The molecular weight excluding hydrogens is 311 g/mol. The molecule has 0 aliphatic heterocycles. The molecule has 2 N–H and O–H groups in total. The highest BCUT2D eigenvalue weighted by atomic mass is 19.1. The molecule has 1 aromatic carbocycles. The van der Waals surface area contributed by atoms with E-state index in [0.717, 1.165) is 0 Å². The highest BCUT2D eigenvalue weighted by Crippen LogP contribution is 2.22. The maximum absolute atomic E-state index is 13.1. The summed E-state index contributed by atoms with van der Waals surface area (Å²) in [5, 5.41) is 17.2. The Morgan fingerprint density at radius 3 is 2.83 bits per heavy atom. The van der Waals surface area contributed by atoms with Gasteiger partial charge in [0.15, 0.2) is 5.65 Å². The van der Waals surface area contributed by atoms with E-state index < -0.39 is 0 Å². The number of aromatic amines is 1. The van der Waals surface area contributed by atoms with Gasteiger partial charge in [-0.1, -0.05) is 0 Å². The van der Waals surface area contributed by atoms with E-state index in [2.05, 4.69) is 25.7 Å². The quantitative estimate of drug-likeness (QED) is 0.606. The third-order valence-corrected chi connectivity index (χ3v) is 3.57. The van der Waals surface area contributed by atoms with E-state index in [1.165, 1.54) is 18.3 Å². The molecule has 0 atom stereocenters. The van der Waals surface area contributed by atoms with Crippen LogP contribution in [0.1, 0.15) is 10.4 Å². The number of pyridine rings is 1. The lowest BCUT2D eigenvalue weighted by atomic mass is 10.1. The normalized spacial score (nSPS) is 10.9. The minimum Gasteiger partial charge on any atom is -0.321 e. The van der Waals surface area contributed by atoms with Gasteiger partial charge in [0.1, 0.15) is 12.1 Å². The summed E-state index contributed by atoms with van der Waals surface area (Å²) in [5.74, 6) is -0.665. The van der Waals surface area contributed by atoms with Crippen LogP contribution in [0, 0.1) is 5.82 Å². The zero-order valence-electron chi connectivity index (χ0n) is 12.3. The molecule has 3 aromatic heterocycles. The van der Waals surface area contributed by atoms with E-state index in [4.69, 9.17) is 0 Å². The molecule has 7 nitrogen and oxygen atoms in total. The Morgan fingerprint density at radius 2 is 2.00 bits per heavy atom. The number of anilines is 1. The van der Waals surface area contributed by atoms with Gasteiger partial charge in [0.2, 0.25) is 0 Å². The van der Waals surface area contributed by atoms with E-state index >= 15 is 0 Å². The molecular formula is C16H11FN6O. The maximum atomic E-state index is 13.1. The Kier molecular flexibility index (Phi) is 3.27. The lowest BCUT2D eigenvalue weighted by Crippen LogP contribution is -2.12. The number of rotatable bonds is 3. The second kappa shape index (κ2) is 5.58. The van der Waals surface area contributed by atoms with Crippen LogP contribution >= 0.6 is 0 Å². The van der Waals surface area contributed by atoms with Gasteiger partial charge >= 0.3 is 0 Å². The Balaban J connectivity index is 1.63. The van der Waals surface area contributed by atoms with Crippen LogP contribution in [0.15, 0.2) is 55.1 Å². The average Bonchev–Trinajstić information content (AvgIpc) is 3.24. The smallest absolute Gasteiger partial charge is 0.259 e. The molecule has 0 aliphatic carbocycles. The van der Waals surface area contributed by atoms with Crippen molar-refractivity contribution in [2.24, 2.45) is 0 Å². The van der Waals surface area contributed by atoms with Gasteiger partial charge in [-0.3, -0.25) is 14.3 Å². The molecule has 0 radical (unpaired) electrons. The fourth-order valence-electron chi connectivity index (χ4n) is 2.39. The van der Waals surface area contributed by atoms with Crippen LogP contribution in [0.3, 0.4) is 0 Å². The zero-order valence-corrected chi connectivity index (χ0v) is 12.3. The number of nitrogens with zero attached hydrogens (tertiary/aromatic N) is 4. The van der Waals surface area contributed by atoms with Crippen molar-refractivity contribution in [2.45, 2.75) is 0 Å². The van der Waals surface area contributed by atoms with Gasteiger partial charge in [-0.05, 0) is 36.4 Å². The number of halogens is 1. The molecule has 1 amide bonds. The van der Waals surface area contributed by atoms with Crippen LogP contribution in [0.5, 0.6) is 0 Å². The lowest BCUT2D eigenvalue weighted by Gasteiger charge is -2.06. The zero-order chi connectivity index (χ0) is 16.5. The number of benzene rings is 1. The van der Waals surface area contributed by atoms with Crippen molar-refractivity contribution in [3.63, 3.8) is 0 Å². The number of nitrogens with one attached hydrogen (secondary N) is 2. The largest absolute Gasteiger partial charge is 0.321 e. The minimum absolute atomic E-state index is 0.324. The molecule has 0 fully saturated rings. The van der Waals surface area contributed by atoms with Crippen LogP contribution in [0.25, 0.3) is 16.9 Å². The van der Waals surface area contributed by atoms with Gasteiger partial charge in [-0.2, -0.15) is 5.10 Å². The number of fused-ring (bicyclic) bond motifs is 1. The van der Waals surface area contributed by atoms with Gasteiger partial charge < -0.3 is 5.32 Å². The first kappa shape index (κ1) is 14.1. The molecule has 4 aromatic rings. The number of hydrogen-bond donors (Lipinski definition) is 2. The summed E-state index contributed by atoms with van der Waals surface area (Å²) in [6.45, 7) is 0. The molecule has 24 heavy (non-hydrogen) atoms. The summed E-state index contributed by atoms with van der Waals surface area (Å²) in [7, 11) is 0. The number of H-pyrrole nitrogens is 1. The molecule has 8 heteroatoms. The molecule has 3 heterocycles. The van der Waals surface area contributed by atoms with E-state index in [0.29, 0.717) is 28.2 Å². The molecule has 0 bridgehead atoms. The lowest BCUT2D eigenvalue weighted by molar-refractivity contribution is 0.102. The number of hydrogen-bond acceptors (Lipinski definition) is 4. The van der Waals surface area contributed by atoms with Crippen molar-refractivity contribution in [3.05, 3.63) is 66.5 Å². The van der Waals surface area contributed by atoms with Crippen molar-refractivity contribution in [3.8, 4) is 11.3 Å². The summed E-state index contributed by atoms with van der Waals surface area (Å²) in [5.41, 5.74) is 2.85. The van der Waals surface area contributed by atoms with Crippen molar-refractivity contribution < 1.29 is 9.18 Å². The molecule has 0 spiro atoms. The maximum Gasteiger partial charge on any atom is 0.259 e. The topological polar surface area (TPSA) is 88.0 Å². The Morgan fingerprint density at radius 1 is 1.17 bits per heavy atom. The van der Waals surface area contributed by atoms with Crippen molar-refractivity contribution in [1.29, 1.82) is 0 Å².